The fraction of sp³-hybridized carbons (Fsp3) is 0.940. The van der Waals surface area contributed by atoms with Crippen LogP contribution in [0.5, 0.6) is 0 Å². The molecule has 0 aliphatic carbocycles. The average Bonchev–Trinajstić information content (AvgIpc) is 3.39. The quantitative estimate of drug-likeness (QED) is 0.0212. The molecule has 0 aliphatic heterocycles. The number of carbonyl (C=O) groups excluding carboxylic acids is 2. The maximum atomic E-state index is 13.6. The number of unbranched alkanes of at least 4 members (excludes halogenated alkanes) is 47. The number of amides is 1. The molecule has 0 aromatic carbocycles. The normalized spacial score (nSPS) is 13.6. The highest BCUT2D eigenvalue weighted by molar-refractivity contribution is 7.45. The molecule has 3 atom stereocenters. The smallest absolute Gasteiger partial charge is 0.306 e. The number of allylic oxidation sites excluding steroid dienone is 1. The topological polar surface area (TPSA) is 114 Å². The monoisotopic (exact) mass is 1110 g/mol. The zero-order valence-electron chi connectivity index (χ0n) is 52.5. The molecule has 10 heteroatoms. The van der Waals surface area contributed by atoms with Crippen LogP contribution in [0.1, 0.15) is 355 Å². The van der Waals surface area contributed by atoms with Gasteiger partial charge in [-0.15, -0.1) is 0 Å². The van der Waals surface area contributed by atoms with Gasteiger partial charge in [-0.25, -0.2) is 0 Å². The van der Waals surface area contributed by atoms with Gasteiger partial charge in [0.25, 0.3) is 7.82 Å². The zero-order chi connectivity index (χ0) is 56.4. The third-order valence-corrected chi connectivity index (χ3v) is 16.7. The lowest BCUT2D eigenvalue weighted by molar-refractivity contribution is -0.870. The first kappa shape index (κ1) is 75.8. The molecule has 0 saturated carbocycles. The van der Waals surface area contributed by atoms with E-state index in [1.54, 1.807) is 0 Å². The summed E-state index contributed by atoms with van der Waals surface area (Å²) in [6, 6.07) is -0.879. The van der Waals surface area contributed by atoms with Crippen LogP contribution in [0.25, 0.3) is 0 Å². The number of esters is 1. The van der Waals surface area contributed by atoms with Crippen LogP contribution < -0.4 is 10.2 Å². The predicted octanol–water partition coefficient (Wildman–Crippen LogP) is 20.5. The standard InChI is InChI=1S/C67H133N2O7P/c1-7-10-13-16-19-22-25-28-30-31-32-33-34-35-36-37-38-39-40-41-44-47-50-53-56-59-66(70)68-64(63-75-77(72,73)74-62-61-69(4,5)6)65(58-55-52-49-46-43-27-24-21-18-15-12-9-3)76-67(71)60-57-54-51-48-45-42-29-26-23-20-17-14-11-8-2/h55,58,64-65H,7-54,56-57,59-63H2,1-6H3,(H-,68,70,72,73)/b58-55-. The number of quaternary nitrogens is 1. The van der Waals surface area contributed by atoms with Gasteiger partial charge in [-0.3, -0.25) is 14.2 Å². The highest BCUT2D eigenvalue weighted by Gasteiger charge is 2.27. The number of likely N-dealkylation sites (N-methyl/N-ethyl adjacent to an activating group) is 1. The number of nitrogens with zero attached hydrogens (tertiary/aromatic N) is 1. The molecule has 0 heterocycles. The number of nitrogens with one attached hydrogen (secondary N) is 1. The van der Waals surface area contributed by atoms with Crippen LogP contribution in [0.15, 0.2) is 12.2 Å². The van der Waals surface area contributed by atoms with Crippen molar-refractivity contribution in [2.45, 2.75) is 367 Å². The van der Waals surface area contributed by atoms with Gasteiger partial charge in [0.05, 0.1) is 33.8 Å². The predicted molar refractivity (Wildman–Crippen MR) is 330 cm³/mol. The molecule has 0 spiro atoms. The summed E-state index contributed by atoms with van der Waals surface area (Å²) in [4.78, 5) is 40.0. The van der Waals surface area contributed by atoms with Gasteiger partial charge >= 0.3 is 5.97 Å². The van der Waals surface area contributed by atoms with Crippen molar-refractivity contribution in [3.63, 3.8) is 0 Å². The van der Waals surface area contributed by atoms with E-state index >= 15 is 0 Å². The molecule has 1 N–H and O–H groups in total. The number of ether oxygens (including phenoxy) is 1. The van der Waals surface area contributed by atoms with Gasteiger partial charge < -0.3 is 28.5 Å². The van der Waals surface area contributed by atoms with Crippen LogP contribution in [0.3, 0.4) is 0 Å². The SMILES string of the molecule is CCCCCCCCCCCC/C=C\C(OC(=O)CCCCCCCCCCCCCCCC)C(COP(=O)([O-])OCC[N+](C)(C)C)NC(=O)CCCCCCCCCCCCCCCCCCCCCCCCCCC. The van der Waals surface area contributed by atoms with Crippen LogP contribution in [0.2, 0.25) is 0 Å². The highest BCUT2D eigenvalue weighted by atomic mass is 31.2. The molecule has 9 nitrogen and oxygen atoms in total. The molecular weight excluding hydrogens is 976 g/mol. The molecule has 0 aromatic heterocycles. The van der Waals surface area contributed by atoms with Gasteiger partial charge in [-0.05, 0) is 31.8 Å². The Morgan fingerprint density at radius 3 is 1.06 bits per heavy atom. The fourth-order valence-corrected chi connectivity index (χ4v) is 11.2. The van der Waals surface area contributed by atoms with Gasteiger partial charge in [0.2, 0.25) is 5.91 Å². The lowest BCUT2D eigenvalue weighted by Crippen LogP contribution is -2.47. The van der Waals surface area contributed by atoms with Crippen molar-refractivity contribution in [2.75, 3.05) is 40.9 Å². The van der Waals surface area contributed by atoms with Crippen molar-refractivity contribution in [1.29, 1.82) is 0 Å². The Bertz CT molecular complexity index is 1320. The van der Waals surface area contributed by atoms with E-state index in [9.17, 15) is 19.0 Å². The van der Waals surface area contributed by atoms with E-state index in [-0.39, 0.29) is 31.5 Å². The van der Waals surface area contributed by atoms with Crippen LogP contribution in [-0.4, -0.2) is 69.4 Å². The third-order valence-electron chi connectivity index (χ3n) is 15.7. The summed E-state index contributed by atoms with van der Waals surface area (Å²) in [7, 11) is 1.21. The van der Waals surface area contributed by atoms with Gasteiger partial charge in [-0.1, -0.05) is 322 Å². The maximum absolute atomic E-state index is 13.6. The number of phosphoric acid groups is 1. The first-order valence-electron chi connectivity index (χ1n) is 34.0. The molecule has 3 unspecified atom stereocenters. The summed E-state index contributed by atoms with van der Waals surface area (Å²) in [5.41, 5.74) is 0. The molecule has 458 valence electrons. The van der Waals surface area contributed by atoms with Crippen molar-refractivity contribution in [3.05, 3.63) is 12.2 Å². The summed E-state index contributed by atoms with van der Waals surface area (Å²) >= 11 is 0. The van der Waals surface area contributed by atoms with Crippen molar-refractivity contribution < 1.29 is 37.3 Å². The van der Waals surface area contributed by atoms with E-state index in [0.717, 1.165) is 57.8 Å². The molecule has 0 saturated heterocycles. The minimum absolute atomic E-state index is 0.0166. The van der Waals surface area contributed by atoms with E-state index in [1.807, 2.05) is 33.3 Å². The first-order chi connectivity index (χ1) is 37.4. The Morgan fingerprint density at radius 1 is 0.442 bits per heavy atom. The summed E-state index contributed by atoms with van der Waals surface area (Å²) < 4.78 is 30.4. The number of carbonyl (C=O) groups is 2. The van der Waals surface area contributed by atoms with Crippen LogP contribution in [0.4, 0.5) is 0 Å². The van der Waals surface area contributed by atoms with Crippen molar-refractivity contribution in [1.82, 2.24) is 5.32 Å². The van der Waals surface area contributed by atoms with Crippen molar-refractivity contribution >= 4 is 19.7 Å². The minimum Gasteiger partial charge on any atom is -0.756 e. The Labute approximate surface area is 480 Å². The second-order valence-corrected chi connectivity index (χ2v) is 26.1. The minimum atomic E-state index is -4.69. The number of hydrogen-bond acceptors (Lipinski definition) is 7. The summed E-state index contributed by atoms with van der Waals surface area (Å²) in [6.45, 7) is 6.91. The molecule has 0 fully saturated rings. The highest BCUT2D eigenvalue weighted by Crippen LogP contribution is 2.38. The Kier molecular flexibility index (Phi) is 57.0. The van der Waals surface area contributed by atoms with Crippen LogP contribution in [0, 0.1) is 0 Å². The number of phosphoric ester groups is 1. The summed E-state index contributed by atoms with van der Waals surface area (Å²) in [5, 5.41) is 3.05. The van der Waals surface area contributed by atoms with E-state index in [2.05, 4.69) is 26.1 Å². The number of rotatable bonds is 63. The second kappa shape index (κ2) is 58.0. The summed E-state index contributed by atoms with van der Waals surface area (Å²) in [5.74, 6) is -0.517. The van der Waals surface area contributed by atoms with Crippen LogP contribution in [-0.2, 0) is 27.9 Å². The zero-order valence-corrected chi connectivity index (χ0v) is 53.3. The van der Waals surface area contributed by atoms with Gasteiger partial charge in [0.15, 0.2) is 0 Å². The van der Waals surface area contributed by atoms with Gasteiger partial charge in [0, 0.05) is 12.8 Å². The molecule has 1 amide bonds. The van der Waals surface area contributed by atoms with Gasteiger partial charge in [0.1, 0.15) is 19.3 Å². The molecule has 0 aromatic rings. The molecule has 0 rings (SSSR count). The second-order valence-electron chi connectivity index (χ2n) is 24.7. The number of hydrogen-bond donors (Lipinski definition) is 1. The average molecular weight is 1110 g/mol. The molecule has 77 heavy (non-hydrogen) atoms. The largest absolute Gasteiger partial charge is 0.756 e. The molecule has 0 radical (unpaired) electrons. The van der Waals surface area contributed by atoms with E-state index in [1.165, 1.54) is 263 Å². The first-order valence-corrected chi connectivity index (χ1v) is 35.5. The Balaban J connectivity index is 5.00. The lowest BCUT2D eigenvalue weighted by Gasteiger charge is -2.30. The van der Waals surface area contributed by atoms with E-state index < -0.39 is 20.0 Å². The molecule has 0 aliphatic rings. The maximum Gasteiger partial charge on any atom is 0.306 e. The Morgan fingerprint density at radius 2 is 0.740 bits per heavy atom. The Hall–Kier alpha value is -1.25. The fourth-order valence-electron chi connectivity index (χ4n) is 10.5. The lowest BCUT2D eigenvalue weighted by atomic mass is 10.0. The summed E-state index contributed by atoms with van der Waals surface area (Å²) in [6.07, 6.45) is 67.6. The van der Waals surface area contributed by atoms with E-state index in [4.69, 9.17) is 13.8 Å². The third kappa shape index (κ3) is 59.2. The van der Waals surface area contributed by atoms with Crippen LogP contribution >= 0.6 is 7.82 Å². The van der Waals surface area contributed by atoms with Crippen molar-refractivity contribution in [2.24, 2.45) is 0 Å². The molecular formula is C67H133N2O7P. The van der Waals surface area contributed by atoms with Crippen molar-refractivity contribution in [3.8, 4) is 0 Å². The van der Waals surface area contributed by atoms with Gasteiger partial charge in [-0.2, -0.15) is 0 Å². The van der Waals surface area contributed by atoms with E-state index in [0.29, 0.717) is 17.4 Å². The molecule has 0 bridgehead atoms.